The maximum absolute atomic E-state index is 12.1. The van der Waals surface area contributed by atoms with Crippen molar-refractivity contribution in [2.24, 2.45) is 17.8 Å². The smallest absolute Gasteiger partial charge is 0.258 e. The van der Waals surface area contributed by atoms with Gasteiger partial charge in [-0.15, -0.1) is 11.3 Å². The summed E-state index contributed by atoms with van der Waals surface area (Å²) in [5.41, 5.74) is 2.56. The lowest BCUT2D eigenvalue weighted by atomic mass is 9.48. The Morgan fingerprint density at radius 2 is 1.75 bits per heavy atom. The van der Waals surface area contributed by atoms with Crippen LogP contribution in [0.1, 0.15) is 49.8 Å². The van der Waals surface area contributed by atoms with E-state index in [-0.39, 0.29) is 5.56 Å². The number of hydrogen-bond acceptors (Lipinski definition) is 4. The molecular weight excluding hydrogens is 368 g/mol. The predicted octanol–water partition coefficient (Wildman–Crippen LogP) is 4.80. The molecule has 0 spiro atoms. The fourth-order valence-electron chi connectivity index (χ4n) is 6.49. The van der Waals surface area contributed by atoms with Crippen molar-refractivity contribution in [1.82, 2.24) is 9.38 Å². The monoisotopic (exact) mass is 392 g/mol. The van der Waals surface area contributed by atoms with E-state index in [4.69, 9.17) is 4.74 Å². The van der Waals surface area contributed by atoms with Gasteiger partial charge in [-0.25, -0.2) is 4.98 Å². The quantitative estimate of drug-likeness (QED) is 0.640. The lowest BCUT2D eigenvalue weighted by Crippen LogP contribution is -2.48. The number of rotatable bonds is 4. The van der Waals surface area contributed by atoms with Crippen LogP contribution in [0.5, 0.6) is 5.75 Å². The molecule has 0 amide bonds. The molecule has 4 nitrogen and oxygen atoms in total. The normalized spacial score (nSPS) is 30.8. The minimum atomic E-state index is -0.0537. The van der Waals surface area contributed by atoms with E-state index >= 15 is 0 Å². The van der Waals surface area contributed by atoms with Crippen molar-refractivity contribution in [3.8, 4) is 5.75 Å². The van der Waals surface area contributed by atoms with Crippen LogP contribution in [0.15, 0.2) is 46.7 Å². The molecule has 4 bridgehead atoms. The Morgan fingerprint density at radius 3 is 2.43 bits per heavy atom. The van der Waals surface area contributed by atoms with E-state index < -0.39 is 0 Å². The first-order valence-corrected chi connectivity index (χ1v) is 11.2. The second-order valence-corrected chi connectivity index (χ2v) is 10.0. The van der Waals surface area contributed by atoms with Gasteiger partial charge in [0.2, 0.25) is 0 Å². The summed E-state index contributed by atoms with van der Waals surface area (Å²) in [4.78, 5) is 17.3. The Balaban J connectivity index is 1.19. The first-order chi connectivity index (χ1) is 13.7. The van der Waals surface area contributed by atoms with Crippen molar-refractivity contribution in [2.75, 3.05) is 0 Å². The molecule has 0 N–H and O–H groups in total. The number of fused-ring (bicyclic) bond motifs is 1. The van der Waals surface area contributed by atoms with E-state index in [0.717, 1.165) is 23.5 Å². The second-order valence-electron chi connectivity index (χ2n) is 9.15. The van der Waals surface area contributed by atoms with E-state index in [1.807, 2.05) is 5.38 Å². The van der Waals surface area contributed by atoms with E-state index in [0.29, 0.717) is 22.7 Å². The molecule has 1 aromatic carbocycles. The Morgan fingerprint density at radius 1 is 1.07 bits per heavy atom. The molecule has 5 heteroatoms. The predicted molar refractivity (Wildman–Crippen MR) is 110 cm³/mol. The third-order valence-electron chi connectivity index (χ3n) is 7.25. The Labute approximate surface area is 168 Å². The van der Waals surface area contributed by atoms with E-state index in [1.165, 1.54) is 55.4 Å². The Hall–Kier alpha value is -2.14. The molecule has 2 heterocycles. The molecule has 7 rings (SSSR count). The van der Waals surface area contributed by atoms with Crippen molar-refractivity contribution < 1.29 is 4.74 Å². The second kappa shape index (κ2) is 6.18. The molecule has 4 fully saturated rings. The van der Waals surface area contributed by atoms with Gasteiger partial charge in [-0.1, -0.05) is 12.1 Å². The van der Waals surface area contributed by atoms with E-state index in [1.54, 1.807) is 16.7 Å². The van der Waals surface area contributed by atoms with Crippen LogP contribution < -0.4 is 10.3 Å². The fraction of sp³-hybridized carbons (Fsp3) is 0.478. The van der Waals surface area contributed by atoms with Crippen LogP contribution in [0.3, 0.4) is 0 Å². The highest BCUT2D eigenvalue weighted by Gasteiger charge is 2.51. The van der Waals surface area contributed by atoms with Gasteiger partial charge >= 0.3 is 0 Å². The zero-order valence-electron chi connectivity index (χ0n) is 15.8. The molecule has 0 atom stereocenters. The minimum absolute atomic E-state index is 0.0537. The number of thiazole rings is 1. The maximum Gasteiger partial charge on any atom is 0.258 e. The Kier molecular flexibility index (Phi) is 3.70. The summed E-state index contributed by atoms with van der Waals surface area (Å²) in [5, 5.41) is 1.87. The van der Waals surface area contributed by atoms with Crippen LogP contribution in [0, 0.1) is 17.8 Å². The van der Waals surface area contributed by atoms with Crippen LogP contribution in [0.25, 0.3) is 4.96 Å². The summed E-state index contributed by atoms with van der Waals surface area (Å²) in [5.74, 6) is 3.72. The molecule has 144 valence electrons. The average molecular weight is 393 g/mol. The van der Waals surface area contributed by atoms with Crippen molar-refractivity contribution >= 4 is 16.3 Å². The highest BCUT2D eigenvalue weighted by atomic mass is 32.1. The molecule has 0 unspecified atom stereocenters. The zero-order valence-corrected chi connectivity index (χ0v) is 16.7. The van der Waals surface area contributed by atoms with Gasteiger partial charge < -0.3 is 4.74 Å². The van der Waals surface area contributed by atoms with Gasteiger partial charge in [-0.3, -0.25) is 9.20 Å². The number of hydrogen-bond donors (Lipinski definition) is 0. The molecule has 0 radical (unpaired) electrons. The lowest BCUT2D eigenvalue weighted by Gasteiger charge is -2.57. The van der Waals surface area contributed by atoms with Gasteiger partial charge in [0.05, 0.1) is 5.69 Å². The van der Waals surface area contributed by atoms with Crippen LogP contribution in [-0.2, 0) is 12.0 Å². The van der Waals surface area contributed by atoms with Gasteiger partial charge in [0, 0.05) is 17.6 Å². The van der Waals surface area contributed by atoms with Gasteiger partial charge in [0.25, 0.3) is 5.56 Å². The highest BCUT2D eigenvalue weighted by molar-refractivity contribution is 7.15. The molecule has 28 heavy (non-hydrogen) atoms. The molecule has 2 aromatic heterocycles. The third-order valence-corrected chi connectivity index (χ3v) is 8.00. The summed E-state index contributed by atoms with van der Waals surface area (Å²) in [7, 11) is 0. The summed E-state index contributed by atoms with van der Waals surface area (Å²) < 4.78 is 7.50. The molecule has 3 aromatic rings. The topological polar surface area (TPSA) is 43.6 Å². The fourth-order valence-corrected chi connectivity index (χ4v) is 7.23. The van der Waals surface area contributed by atoms with Gasteiger partial charge in [-0.05, 0) is 79.4 Å². The third kappa shape index (κ3) is 2.71. The number of nitrogens with zero attached hydrogens (tertiary/aromatic N) is 2. The van der Waals surface area contributed by atoms with Gasteiger partial charge in [0.15, 0.2) is 4.96 Å². The number of ether oxygens (including phenoxy) is 1. The van der Waals surface area contributed by atoms with Gasteiger partial charge in [0.1, 0.15) is 12.4 Å². The largest absolute Gasteiger partial charge is 0.487 e. The van der Waals surface area contributed by atoms with E-state index in [2.05, 4.69) is 29.2 Å². The van der Waals surface area contributed by atoms with Crippen molar-refractivity contribution in [3.05, 3.63) is 63.5 Å². The van der Waals surface area contributed by atoms with Crippen LogP contribution in [0.4, 0.5) is 0 Å². The van der Waals surface area contributed by atoms with Crippen molar-refractivity contribution in [3.63, 3.8) is 0 Å². The summed E-state index contributed by atoms with van der Waals surface area (Å²) in [6.45, 7) is 0.320. The molecule has 0 aliphatic heterocycles. The Bertz CT molecular complexity index is 1050. The SMILES string of the molecule is O=c1cc(COc2ccc(C34CC5CC(CC(C5)C3)C4)cc2)nc2sccn12. The highest BCUT2D eigenvalue weighted by Crippen LogP contribution is 2.60. The van der Waals surface area contributed by atoms with Crippen LogP contribution in [0.2, 0.25) is 0 Å². The van der Waals surface area contributed by atoms with Gasteiger partial charge in [-0.2, -0.15) is 0 Å². The summed E-state index contributed by atoms with van der Waals surface area (Å²) in [6.07, 6.45) is 10.3. The van der Waals surface area contributed by atoms with E-state index in [9.17, 15) is 4.79 Å². The number of aromatic nitrogens is 2. The van der Waals surface area contributed by atoms with Crippen LogP contribution in [-0.4, -0.2) is 9.38 Å². The molecular formula is C23H24N2O2S. The first kappa shape index (κ1) is 16.8. The molecule has 4 saturated carbocycles. The molecule has 0 saturated heterocycles. The molecule has 4 aliphatic carbocycles. The molecule has 4 aliphatic rings. The minimum Gasteiger partial charge on any atom is -0.487 e. The average Bonchev–Trinajstić information content (AvgIpc) is 3.15. The first-order valence-electron chi connectivity index (χ1n) is 10.4. The summed E-state index contributed by atoms with van der Waals surface area (Å²) >= 11 is 1.46. The zero-order chi connectivity index (χ0) is 18.7. The standard InChI is InChI=1S/C23H24N2O2S/c26-21-10-19(24-22-25(21)5-6-28-22)14-27-20-3-1-18(2-4-20)23-11-15-7-16(12-23)9-17(8-15)13-23/h1-6,10,15-17H,7-9,11-14H2. The summed E-state index contributed by atoms with van der Waals surface area (Å²) in [6, 6.07) is 10.3. The lowest BCUT2D eigenvalue weighted by molar-refractivity contribution is -0.00520. The van der Waals surface area contributed by atoms with Crippen molar-refractivity contribution in [2.45, 2.75) is 50.5 Å². The maximum atomic E-state index is 12.1. The van der Waals surface area contributed by atoms with Crippen molar-refractivity contribution in [1.29, 1.82) is 0 Å². The number of benzene rings is 1. The van der Waals surface area contributed by atoms with Crippen LogP contribution >= 0.6 is 11.3 Å².